The van der Waals surface area contributed by atoms with Gasteiger partial charge in [-0.25, -0.2) is 8.78 Å². The monoisotopic (exact) mass is 292 g/mol. The average molecular weight is 292 g/mol. The van der Waals surface area contributed by atoms with E-state index in [4.69, 9.17) is 10.6 Å². The SMILES string of the molecule is COc1ccc(CC(NN)c2ccc(C)c(F)c2F)cc1. The van der Waals surface area contributed by atoms with E-state index in [2.05, 4.69) is 5.43 Å². The van der Waals surface area contributed by atoms with Crippen molar-refractivity contribution in [3.8, 4) is 5.75 Å². The molecule has 1 unspecified atom stereocenters. The van der Waals surface area contributed by atoms with Gasteiger partial charge in [-0.1, -0.05) is 24.3 Å². The molecule has 0 spiro atoms. The van der Waals surface area contributed by atoms with Crippen LogP contribution in [0.3, 0.4) is 0 Å². The molecule has 0 heterocycles. The summed E-state index contributed by atoms with van der Waals surface area (Å²) in [6.07, 6.45) is 0.444. The van der Waals surface area contributed by atoms with E-state index in [0.717, 1.165) is 11.3 Å². The summed E-state index contributed by atoms with van der Waals surface area (Å²) < 4.78 is 32.8. The minimum atomic E-state index is -0.855. The maximum Gasteiger partial charge on any atom is 0.163 e. The molecule has 0 fully saturated rings. The molecule has 1 atom stereocenters. The van der Waals surface area contributed by atoms with Gasteiger partial charge in [-0.2, -0.15) is 0 Å². The summed E-state index contributed by atoms with van der Waals surface area (Å²) in [5.74, 6) is 4.56. The third-order valence-electron chi connectivity index (χ3n) is 3.48. The third kappa shape index (κ3) is 3.37. The molecule has 0 amide bonds. The number of nitrogens with two attached hydrogens (primary N) is 1. The first kappa shape index (κ1) is 15.4. The maximum absolute atomic E-state index is 14.0. The van der Waals surface area contributed by atoms with Crippen molar-refractivity contribution in [1.29, 1.82) is 0 Å². The number of methoxy groups -OCH3 is 1. The lowest BCUT2D eigenvalue weighted by Gasteiger charge is -2.18. The van der Waals surface area contributed by atoms with Gasteiger partial charge in [-0.05, 0) is 36.6 Å². The summed E-state index contributed by atoms with van der Waals surface area (Å²) >= 11 is 0. The second kappa shape index (κ2) is 6.65. The van der Waals surface area contributed by atoms with Gasteiger partial charge in [0.1, 0.15) is 5.75 Å². The first-order chi connectivity index (χ1) is 10.1. The maximum atomic E-state index is 14.0. The zero-order chi connectivity index (χ0) is 15.4. The van der Waals surface area contributed by atoms with E-state index < -0.39 is 17.7 Å². The van der Waals surface area contributed by atoms with Crippen LogP contribution in [0.4, 0.5) is 8.78 Å². The van der Waals surface area contributed by atoms with Crippen LogP contribution in [-0.2, 0) is 6.42 Å². The number of hydrogen-bond acceptors (Lipinski definition) is 3. The van der Waals surface area contributed by atoms with Crippen molar-refractivity contribution in [3.05, 3.63) is 64.7 Å². The highest BCUT2D eigenvalue weighted by Gasteiger charge is 2.19. The Bertz CT molecular complexity index is 614. The van der Waals surface area contributed by atoms with E-state index in [1.54, 1.807) is 19.2 Å². The fourth-order valence-electron chi connectivity index (χ4n) is 2.19. The number of halogens is 2. The van der Waals surface area contributed by atoms with E-state index in [0.29, 0.717) is 6.42 Å². The van der Waals surface area contributed by atoms with Gasteiger partial charge in [0.2, 0.25) is 0 Å². The fourth-order valence-corrected chi connectivity index (χ4v) is 2.19. The van der Waals surface area contributed by atoms with Crippen LogP contribution < -0.4 is 16.0 Å². The normalized spacial score (nSPS) is 12.2. The van der Waals surface area contributed by atoms with Crippen LogP contribution in [0.15, 0.2) is 36.4 Å². The standard InChI is InChI=1S/C16H18F2N2O/c1-10-3-8-13(16(18)15(10)17)14(20-19)9-11-4-6-12(21-2)7-5-11/h3-8,14,20H,9,19H2,1-2H3. The Morgan fingerprint density at radius 1 is 1.10 bits per heavy atom. The van der Waals surface area contributed by atoms with Crippen molar-refractivity contribution in [2.45, 2.75) is 19.4 Å². The highest BCUT2D eigenvalue weighted by atomic mass is 19.2. The summed E-state index contributed by atoms with van der Waals surface area (Å²) in [5.41, 5.74) is 3.98. The Hall–Kier alpha value is -1.98. The summed E-state index contributed by atoms with van der Waals surface area (Å²) in [6.45, 7) is 1.52. The summed E-state index contributed by atoms with van der Waals surface area (Å²) in [6, 6.07) is 9.96. The molecule has 0 aliphatic rings. The quantitative estimate of drug-likeness (QED) is 0.658. The van der Waals surface area contributed by atoms with E-state index in [9.17, 15) is 8.78 Å². The number of aryl methyl sites for hydroxylation is 1. The first-order valence-corrected chi connectivity index (χ1v) is 6.60. The topological polar surface area (TPSA) is 47.3 Å². The molecule has 2 aromatic rings. The minimum absolute atomic E-state index is 0.219. The van der Waals surface area contributed by atoms with Crippen molar-refractivity contribution in [2.75, 3.05) is 7.11 Å². The van der Waals surface area contributed by atoms with Gasteiger partial charge >= 0.3 is 0 Å². The van der Waals surface area contributed by atoms with Crippen LogP contribution in [0.5, 0.6) is 5.75 Å². The van der Waals surface area contributed by atoms with E-state index >= 15 is 0 Å². The van der Waals surface area contributed by atoms with Crippen molar-refractivity contribution in [1.82, 2.24) is 5.43 Å². The van der Waals surface area contributed by atoms with Gasteiger partial charge in [0.15, 0.2) is 11.6 Å². The molecule has 3 nitrogen and oxygen atoms in total. The second-order valence-electron chi connectivity index (χ2n) is 4.87. The van der Waals surface area contributed by atoms with Crippen LogP contribution in [0.2, 0.25) is 0 Å². The number of benzene rings is 2. The van der Waals surface area contributed by atoms with Crippen molar-refractivity contribution < 1.29 is 13.5 Å². The minimum Gasteiger partial charge on any atom is -0.497 e. The molecule has 3 N–H and O–H groups in total. The number of hydrogen-bond donors (Lipinski definition) is 2. The molecular weight excluding hydrogens is 274 g/mol. The molecule has 0 saturated heterocycles. The molecule has 0 aromatic heterocycles. The highest BCUT2D eigenvalue weighted by Crippen LogP contribution is 2.25. The second-order valence-corrected chi connectivity index (χ2v) is 4.87. The Kier molecular flexibility index (Phi) is 4.88. The summed E-state index contributed by atoms with van der Waals surface area (Å²) in [7, 11) is 1.59. The van der Waals surface area contributed by atoms with Crippen molar-refractivity contribution in [3.63, 3.8) is 0 Å². The molecule has 0 radical (unpaired) electrons. The molecule has 112 valence electrons. The predicted octanol–water partition coefficient (Wildman–Crippen LogP) is 3.03. The lowest BCUT2D eigenvalue weighted by Crippen LogP contribution is -2.30. The fraction of sp³-hybridized carbons (Fsp3) is 0.250. The van der Waals surface area contributed by atoms with Crippen molar-refractivity contribution >= 4 is 0 Å². The van der Waals surface area contributed by atoms with Gasteiger partial charge in [0.25, 0.3) is 0 Å². The Labute approximate surface area is 122 Å². The van der Waals surface area contributed by atoms with E-state index in [-0.39, 0.29) is 11.1 Å². The molecule has 2 aromatic carbocycles. The molecular formula is C16H18F2N2O. The third-order valence-corrected chi connectivity index (χ3v) is 3.48. The average Bonchev–Trinajstić information content (AvgIpc) is 2.51. The molecule has 0 saturated carbocycles. The zero-order valence-corrected chi connectivity index (χ0v) is 12.0. The zero-order valence-electron chi connectivity index (χ0n) is 12.0. The van der Waals surface area contributed by atoms with Gasteiger partial charge in [0.05, 0.1) is 13.2 Å². The van der Waals surface area contributed by atoms with Gasteiger partial charge < -0.3 is 4.74 Å². The van der Waals surface area contributed by atoms with Gasteiger partial charge in [0, 0.05) is 5.56 Å². The number of hydrazine groups is 1. The Morgan fingerprint density at radius 2 is 1.76 bits per heavy atom. The number of nitrogens with one attached hydrogen (secondary N) is 1. The smallest absolute Gasteiger partial charge is 0.163 e. The van der Waals surface area contributed by atoms with Crippen LogP contribution in [0.1, 0.15) is 22.7 Å². The molecule has 0 bridgehead atoms. The lowest BCUT2D eigenvalue weighted by atomic mass is 9.97. The van der Waals surface area contributed by atoms with Gasteiger partial charge in [-0.3, -0.25) is 11.3 Å². The molecule has 0 aliphatic carbocycles. The predicted molar refractivity (Wildman–Crippen MR) is 77.9 cm³/mol. The van der Waals surface area contributed by atoms with E-state index in [1.807, 2.05) is 24.3 Å². The van der Waals surface area contributed by atoms with Crippen LogP contribution >= 0.6 is 0 Å². The van der Waals surface area contributed by atoms with Crippen LogP contribution in [-0.4, -0.2) is 7.11 Å². The highest BCUT2D eigenvalue weighted by molar-refractivity contribution is 5.31. The summed E-state index contributed by atoms with van der Waals surface area (Å²) in [5, 5.41) is 0. The van der Waals surface area contributed by atoms with Gasteiger partial charge in [-0.15, -0.1) is 0 Å². The van der Waals surface area contributed by atoms with Crippen molar-refractivity contribution in [2.24, 2.45) is 5.84 Å². The van der Waals surface area contributed by atoms with Crippen LogP contribution in [0.25, 0.3) is 0 Å². The lowest BCUT2D eigenvalue weighted by molar-refractivity contribution is 0.414. The Morgan fingerprint density at radius 3 is 2.33 bits per heavy atom. The molecule has 5 heteroatoms. The molecule has 21 heavy (non-hydrogen) atoms. The summed E-state index contributed by atoms with van der Waals surface area (Å²) in [4.78, 5) is 0. The molecule has 2 rings (SSSR count). The first-order valence-electron chi connectivity index (χ1n) is 6.60. The number of rotatable bonds is 5. The molecule has 0 aliphatic heterocycles. The van der Waals surface area contributed by atoms with Crippen LogP contribution in [0, 0.1) is 18.6 Å². The largest absolute Gasteiger partial charge is 0.497 e. The Balaban J connectivity index is 2.25. The number of ether oxygens (including phenoxy) is 1. The van der Waals surface area contributed by atoms with E-state index in [1.165, 1.54) is 6.92 Å².